The predicted octanol–water partition coefficient (Wildman–Crippen LogP) is 4.85. The van der Waals surface area contributed by atoms with E-state index in [2.05, 4.69) is 21.5 Å². The fraction of sp³-hybridized carbons (Fsp3) is 0.190. The highest BCUT2D eigenvalue weighted by molar-refractivity contribution is 7.20. The first kappa shape index (κ1) is 17.9. The molecule has 146 valence electrons. The molecule has 3 heterocycles. The third kappa shape index (κ3) is 2.91. The predicted molar refractivity (Wildman–Crippen MR) is 108 cm³/mol. The fourth-order valence-corrected chi connectivity index (χ4v) is 4.87. The number of nitrogens with one attached hydrogen (secondary N) is 1. The van der Waals surface area contributed by atoms with Crippen LogP contribution in [0, 0.1) is 25.5 Å². The standard InChI is InChI=1S/C21H16F2N4OS/c1-10-3-6-16-17(7-10)29-21(24-16)27-20-19(11(2)26-27)14(9-18(28)25-20)13-5-4-12(22)8-15(13)23/h3-8,14H,9H2,1-2H3,(H,25,28)/t14-/m1/s1. The van der Waals surface area contributed by atoms with Crippen LogP contribution >= 0.6 is 11.3 Å². The third-order valence-corrected chi connectivity index (χ3v) is 6.15. The van der Waals surface area contributed by atoms with Gasteiger partial charge in [0.15, 0.2) is 0 Å². The monoisotopic (exact) mass is 410 g/mol. The summed E-state index contributed by atoms with van der Waals surface area (Å²) in [5.74, 6) is -1.61. The number of anilines is 1. The van der Waals surface area contributed by atoms with Crippen molar-refractivity contribution in [2.75, 3.05) is 5.32 Å². The van der Waals surface area contributed by atoms with E-state index in [0.29, 0.717) is 16.6 Å². The second kappa shape index (κ2) is 6.45. The van der Waals surface area contributed by atoms with Gasteiger partial charge in [0, 0.05) is 24.0 Å². The van der Waals surface area contributed by atoms with Crippen LogP contribution in [-0.4, -0.2) is 20.7 Å². The molecule has 8 heteroatoms. The van der Waals surface area contributed by atoms with Crippen LogP contribution in [0.5, 0.6) is 0 Å². The van der Waals surface area contributed by atoms with E-state index in [1.165, 1.54) is 23.5 Å². The molecule has 0 saturated carbocycles. The molecular formula is C21H16F2N4OS. The molecule has 1 N–H and O–H groups in total. The number of carbonyl (C=O) groups is 1. The van der Waals surface area contributed by atoms with Gasteiger partial charge in [0.25, 0.3) is 0 Å². The molecule has 1 aliphatic heterocycles. The molecule has 5 nitrogen and oxygen atoms in total. The first-order valence-electron chi connectivity index (χ1n) is 9.12. The van der Waals surface area contributed by atoms with Crippen molar-refractivity contribution < 1.29 is 13.6 Å². The maximum absolute atomic E-state index is 14.5. The topological polar surface area (TPSA) is 59.8 Å². The molecule has 1 amide bonds. The summed E-state index contributed by atoms with van der Waals surface area (Å²) in [6.45, 7) is 3.83. The number of carbonyl (C=O) groups excluding carboxylic acids is 1. The van der Waals surface area contributed by atoms with E-state index >= 15 is 0 Å². The quantitative estimate of drug-likeness (QED) is 0.514. The van der Waals surface area contributed by atoms with E-state index in [1.807, 2.05) is 26.0 Å². The van der Waals surface area contributed by atoms with Crippen molar-refractivity contribution >= 4 is 33.3 Å². The van der Waals surface area contributed by atoms with Crippen molar-refractivity contribution in [2.24, 2.45) is 0 Å². The Bertz CT molecular complexity index is 1290. The highest BCUT2D eigenvalue weighted by Gasteiger charge is 2.34. The number of aryl methyl sites for hydroxylation is 2. The van der Waals surface area contributed by atoms with Crippen LogP contribution in [0.15, 0.2) is 36.4 Å². The number of rotatable bonds is 2. The molecule has 29 heavy (non-hydrogen) atoms. The van der Waals surface area contributed by atoms with Crippen molar-refractivity contribution in [3.8, 4) is 5.13 Å². The number of fused-ring (bicyclic) bond motifs is 2. The number of benzene rings is 2. The smallest absolute Gasteiger partial charge is 0.226 e. The number of hydrogen-bond acceptors (Lipinski definition) is 4. The normalized spacial score (nSPS) is 16.1. The highest BCUT2D eigenvalue weighted by Crippen LogP contribution is 2.41. The van der Waals surface area contributed by atoms with Crippen molar-refractivity contribution in [1.29, 1.82) is 0 Å². The van der Waals surface area contributed by atoms with Crippen LogP contribution in [0.4, 0.5) is 14.6 Å². The zero-order valence-corrected chi connectivity index (χ0v) is 16.5. The molecule has 1 atom stereocenters. The second-order valence-electron chi connectivity index (χ2n) is 7.20. The molecular weight excluding hydrogens is 394 g/mol. The summed E-state index contributed by atoms with van der Waals surface area (Å²) >= 11 is 1.47. The molecule has 0 spiro atoms. The lowest BCUT2D eigenvalue weighted by atomic mass is 9.85. The minimum absolute atomic E-state index is 0.0706. The number of aromatic nitrogens is 3. The molecule has 5 rings (SSSR count). The highest BCUT2D eigenvalue weighted by atomic mass is 32.1. The largest absolute Gasteiger partial charge is 0.310 e. The van der Waals surface area contributed by atoms with Crippen LogP contribution in [0.2, 0.25) is 0 Å². The summed E-state index contributed by atoms with van der Waals surface area (Å²) in [4.78, 5) is 17.1. The fourth-order valence-electron chi connectivity index (χ4n) is 3.85. The third-order valence-electron chi connectivity index (χ3n) is 5.15. The zero-order chi connectivity index (χ0) is 20.3. The van der Waals surface area contributed by atoms with Crippen LogP contribution < -0.4 is 5.32 Å². The minimum Gasteiger partial charge on any atom is -0.310 e. The van der Waals surface area contributed by atoms with Crippen LogP contribution in [0.1, 0.15) is 34.7 Å². The average Bonchev–Trinajstić information content (AvgIpc) is 3.21. The van der Waals surface area contributed by atoms with Gasteiger partial charge in [0.2, 0.25) is 11.0 Å². The molecule has 1 aliphatic rings. The van der Waals surface area contributed by atoms with Crippen LogP contribution in [-0.2, 0) is 4.79 Å². The lowest BCUT2D eigenvalue weighted by molar-refractivity contribution is -0.116. The summed E-state index contributed by atoms with van der Waals surface area (Å²) < 4.78 is 30.5. The van der Waals surface area contributed by atoms with Crippen molar-refractivity contribution in [3.63, 3.8) is 0 Å². The van der Waals surface area contributed by atoms with Gasteiger partial charge in [0.05, 0.1) is 15.9 Å². The minimum atomic E-state index is -0.668. The summed E-state index contributed by atoms with van der Waals surface area (Å²) in [5.41, 5.74) is 3.66. The Hall–Kier alpha value is -3.13. The Kier molecular flexibility index (Phi) is 3.99. The molecule has 2 aromatic heterocycles. The van der Waals surface area contributed by atoms with Gasteiger partial charge in [-0.1, -0.05) is 23.5 Å². The lowest BCUT2D eigenvalue weighted by Gasteiger charge is -2.24. The van der Waals surface area contributed by atoms with Gasteiger partial charge in [-0.2, -0.15) is 9.78 Å². The number of halogens is 2. The SMILES string of the molecule is Cc1ccc2nc(-n3nc(C)c4c3NC(=O)C[C@@H]4c3ccc(F)cc3F)sc2c1. The maximum atomic E-state index is 14.5. The van der Waals surface area contributed by atoms with Crippen molar-refractivity contribution in [1.82, 2.24) is 14.8 Å². The van der Waals surface area contributed by atoms with Gasteiger partial charge in [-0.15, -0.1) is 0 Å². The Labute approximate surface area is 169 Å². The van der Waals surface area contributed by atoms with Crippen LogP contribution in [0.3, 0.4) is 0 Å². The molecule has 0 aliphatic carbocycles. The molecule has 0 unspecified atom stereocenters. The van der Waals surface area contributed by atoms with Gasteiger partial charge in [-0.25, -0.2) is 13.8 Å². The molecule has 0 bridgehead atoms. The first-order chi connectivity index (χ1) is 13.9. The lowest BCUT2D eigenvalue weighted by Crippen LogP contribution is -2.25. The molecule has 0 radical (unpaired) electrons. The van der Waals surface area contributed by atoms with E-state index in [9.17, 15) is 13.6 Å². The van der Waals surface area contributed by atoms with Gasteiger partial charge < -0.3 is 5.32 Å². The number of hydrogen-bond donors (Lipinski definition) is 1. The van der Waals surface area contributed by atoms with E-state index in [4.69, 9.17) is 0 Å². The summed E-state index contributed by atoms with van der Waals surface area (Å²) in [5, 5.41) is 8.08. The van der Waals surface area contributed by atoms with Crippen molar-refractivity contribution in [2.45, 2.75) is 26.2 Å². The number of amides is 1. The first-order valence-corrected chi connectivity index (χ1v) is 9.94. The number of nitrogens with zero attached hydrogens (tertiary/aromatic N) is 3. The summed E-state index contributed by atoms with van der Waals surface area (Å²) in [6, 6.07) is 9.44. The molecule has 0 fully saturated rings. The van der Waals surface area contributed by atoms with Gasteiger partial charge in [-0.3, -0.25) is 4.79 Å². The van der Waals surface area contributed by atoms with E-state index < -0.39 is 17.6 Å². The number of thiazole rings is 1. The van der Waals surface area contributed by atoms with E-state index in [0.717, 1.165) is 27.4 Å². The van der Waals surface area contributed by atoms with E-state index in [1.54, 1.807) is 4.68 Å². The van der Waals surface area contributed by atoms with Gasteiger partial charge >= 0.3 is 0 Å². The Morgan fingerprint density at radius 3 is 2.79 bits per heavy atom. The van der Waals surface area contributed by atoms with Crippen molar-refractivity contribution in [3.05, 3.63) is 70.4 Å². The molecule has 2 aromatic carbocycles. The van der Waals surface area contributed by atoms with Gasteiger partial charge in [0.1, 0.15) is 17.5 Å². The summed E-state index contributed by atoms with van der Waals surface area (Å²) in [7, 11) is 0. The Morgan fingerprint density at radius 2 is 2.00 bits per heavy atom. The average molecular weight is 410 g/mol. The Morgan fingerprint density at radius 1 is 1.17 bits per heavy atom. The second-order valence-corrected chi connectivity index (χ2v) is 8.21. The molecule has 0 saturated heterocycles. The van der Waals surface area contributed by atoms with E-state index in [-0.39, 0.29) is 17.9 Å². The zero-order valence-electron chi connectivity index (χ0n) is 15.7. The van der Waals surface area contributed by atoms with Crippen LogP contribution in [0.25, 0.3) is 15.3 Å². The summed E-state index contributed by atoms with van der Waals surface area (Å²) in [6.07, 6.45) is 0.0706. The van der Waals surface area contributed by atoms with Gasteiger partial charge in [-0.05, 0) is 43.2 Å². The molecule has 4 aromatic rings. The maximum Gasteiger partial charge on any atom is 0.226 e. The Balaban J connectivity index is 1.68.